The van der Waals surface area contributed by atoms with E-state index in [9.17, 15) is 9.59 Å². The molecule has 0 radical (unpaired) electrons. The van der Waals surface area contributed by atoms with Crippen molar-refractivity contribution in [2.24, 2.45) is 0 Å². The molecule has 3 rings (SSSR count). The van der Waals surface area contributed by atoms with Crippen LogP contribution in [0.5, 0.6) is 0 Å². The van der Waals surface area contributed by atoms with E-state index < -0.39 is 0 Å². The summed E-state index contributed by atoms with van der Waals surface area (Å²) in [6.45, 7) is 0.556. The molecule has 0 aliphatic rings. The fourth-order valence-electron chi connectivity index (χ4n) is 2.77. The van der Waals surface area contributed by atoms with Gasteiger partial charge in [-0.25, -0.2) is 0 Å². The van der Waals surface area contributed by atoms with Gasteiger partial charge >= 0.3 is 0 Å². The number of aromatic nitrogens is 1. The van der Waals surface area contributed by atoms with Crippen molar-refractivity contribution in [1.82, 2.24) is 9.47 Å². The third kappa shape index (κ3) is 3.54. The summed E-state index contributed by atoms with van der Waals surface area (Å²) in [6, 6.07) is 19.5. The summed E-state index contributed by atoms with van der Waals surface area (Å²) in [5.41, 5.74) is 1.96. The van der Waals surface area contributed by atoms with Gasteiger partial charge in [-0.1, -0.05) is 48.5 Å². The molecule has 0 saturated carbocycles. The van der Waals surface area contributed by atoms with Crippen molar-refractivity contribution in [3.8, 4) is 0 Å². The molecule has 4 heteroatoms. The number of amides is 1. The molecule has 0 aliphatic heterocycles. The molecule has 0 fully saturated rings. The van der Waals surface area contributed by atoms with Gasteiger partial charge in [0.1, 0.15) is 0 Å². The summed E-state index contributed by atoms with van der Waals surface area (Å²) in [4.78, 5) is 26.3. The lowest BCUT2D eigenvalue weighted by Crippen LogP contribution is -2.27. The van der Waals surface area contributed by atoms with Crippen LogP contribution in [0.4, 0.5) is 0 Å². The number of carbonyl (C=O) groups excluding carboxylic acids is 2. The summed E-state index contributed by atoms with van der Waals surface area (Å²) in [6.07, 6.45) is 2.19. The zero-order chi connectivity index (χ0) is 16.9. The lowest BCUT2D eigenvalue weighted by Gasteiger charge is -2.17. The molecule has 1 heterocycles. The highest BCUT2D eigenvalue weighted by Gasteiger charge is 2.14. The second kappa shape index (κ2) is 7.13. The number of rotatable bonds is 5. The van der Waals surface area contributed by atoms with Gasteiger partial charge < -0.3 is 4.90 Å². The van der Waals surface area contributed by atoms with E-state index in [1.807, 2.05) is 60.7 Å². The molecule has 122 valence electrons. The molecule has 1 aromatic heterocycles. The molecule has 24 heavy (non-hydrogen) atoms. The Morgan fingerprint density at radius 1 is 0.917 bits per heavy atom. The van der Waals surface area contributed by atoms with Crippen molar-refractivity contribution in [3.63, 3.8) is 0 Å². The van der Waals surface area contributed by atoms with E-state index in [-0.39, 0.29) is 24.7 Å². The van der Waals surface area contributed by atoms with Gasteiger partial charge in [0.2, 0.25) is 11.8 Å². The van der Waals surface area contributed by atoms with Crippen LogP contribution in [-0.2, 0) is 11.3 Å². The molecule has 0 N–H and O–H groups in total. The van der Waals surface area contributed by atoms with Crippen LogP contribution in [0.2, 0.25) is 0 Å². The van der Waals surface area contributed by atoms with Crippen LogP contribution in [0.1, 0.15) is 23.2 Å². The molecule has 2 aromatic carbocycles. The van der Waals surface area contributed by atoms with Crippen molar-refractivity contribution in [1.29, 1.82) is 0 Å². The van der Waals surface area contributed by atoms with E-state index >= 15 is 0 Å². The summed E-state index contributed by atoms with van der Waals surface area (Å²) < 4.78 is 1.62. The van der Waals surface area contributed by atoms with Crippen molar-refractivity contribution in [2.45, 2.75) is 19.4 Å². The monoisotopic (exact) mass is 320 g/mol. The summed E-state index contributed by atoms with van der Waals surface area (Å²) >= 11 is 0. The normalized spacial score (nSPS) is 10.7. The van der Waals surface area contributed by atoms with Gasteiger partial charge in [0, 0.05) is 38.0 Å². The molecular formula is C20H20N2O2. The van der Waals surface area contributed by atoms with Crippen molar-refractivity contribution < 1.29 is 9.59 Å². The topological polar surface area (TPSA) is 42.3 Å². The molecule has 0 aliphatic carbocycles. The van der Waals surface area contributed by atoms with E-state index in [4.69, 9.17) is 0 Å². The summed E-state index contributed by atoms with van der Waals surface area (Å²) in [7, 11) is 1.77. The molecular weight excluding hydrogens is 300 g/mol. The average molecular weight is 320 g/mol. The lowest BCUT2D eigenvalue weighted by atomic mass is 10.2. The quantitative estimate of drug-likeness (QED) is 0.719. The summed E-state index contributed by atoms with van der Waals surface area (Å²) in [5, 5.41) is 1.03. The first-order valence-corrected chi connectivity index (χ1v) is 8.02. The van der Waals surface area contributed by atoms with E-state index in [1.54, 1.807) is 22.7 Å². The van der Waals surface area contributed by atoms with Crippen LogP contribution >= 0.6 is 0 Å². The molecule has 0 bridgehead atoms. The SMILES string of the molecule is CN(Cc1ccccc1)C(=O)CCC(=O)n1ccc2ccccc21. The number of hydrogen-bond donors (Lipinski definition) is 0. The highest BCUT2D eigenvalue weighted by molar-refractivity contribution is 5.93. The van der Waals surface area contributed by atoms with Crippen LogP contribution in [0.15, 0.2) is 66.9 Å². The Labute approximate surface area is 141 Å². The first kappa shape index (κ1) is 16.0. The van der Waals surface area contributed by atoms with Crippen molar-refractivity contribution in [3.05, 3.63) is 72.4 Å². The minimum absolute atomic E-state index is 0.0244. The highest BCUT2D eigenvalue weighted by Crippen LogP contribution is 2.16. The fraction of sp³-hybridized carbons (Fsp3) is 0.200. The van der Waals surface area contributed by atoms with Gasteiger partial charge in [-0.15, -0.1) is 0 Å². The Hall–Kier alpha value is -2.88. The Balaban J connectivity index is 1.58. The Morgan fingerprint density at radius 3 is 2.42 bits per heavy atom. The molecule has 0 unspecified atom stereocenters. The van der Waals surface area contributed by atoms with Crippen LogP contribution in [-0.4, -0.2) is 28.3 Å². The van der Waals surface area contributed by atoms with Crippen molar-refractivity contribution >= 4 is 22.7 Å². The molecule has 0 atom stereocenters. The van der Waals surface area contributed by atoms with Gasteiger partial charge in [0.25, 0.3) is 0 Å². The molecule has 0 spiro atoms. The van der Waals surface area contributed by atoms with E-state index in [0.717, 1.165) is 16.5 Å². The third-order valence-corrected chi connectivity index (χ3v) is 4.11. The van der Waals surface area contributed by atoms with Crippen LogP contribution in [0.3, 0.4) is 0 Å². The standard InChI is InChI=1S/C20H20N2O2/c1-21(15-16-7-3-2-4-8-16)19(23)11-12-20(24)22-14-13-17-9-5-6-10-18(17)22/h2-10,13-14H,11-12,15H2,1H3. The predicted molar refractivity (Wildman–Crippen MR) is 94.7 cm³/mol. The highest BCUT2D eigenvalue weighted by atomic mass is 16.2. The van der Waals surface area contributed by atoms with Gasteiger partial charge in [-0.05, 0) is 17.7 Å². The minimum Gasteiger partial charge on any atom is -0.341 e. The Kier molecular flexibility index (Phi) is 4.75. The minimum atomic E-state index is -0.0577. The second-order valence-corrected chi connectivity index (χ2v) is 5.87. The number of fused-ring (bicyclic) bond motifs is 1. The van der Waals surface area contributed by atoms with Crippen LogP contribution in [0, 0.1) is 0 Å². The van der Waals surface area contributed by atoms with Crippen molar-refractivity contribution in [2.75, 3.05) is 7.05 Å². The Bertz CT molecular complexity index is 852. The lowest BCUT2D eigenvalue weighted by molar-refractivity contribution is -0.130. The van der Waals surface area contributed by atoms with Gasteiger partial charge in [-0.2, -0.15) is 0 Å². The van der Waals surface area contributed by atoms with E-state index in [0.29, 0.717) is 6.54 Å². The molecule has 3 aromatic rings. The van der Waals surface area contributed by atoms with Crippen LogP contribution in [0.25, 0.3) is 10.9 Å². The number of nitrogens with zero attached hydrogens (tertiary/aromatic N) is 2. The zero-order valence-corrected chi connectivity index (χ0v) is 13.7. The van der Waals surface area contributed by atoms with E-state index in [2.05, 4.69) is 0 Å². The maximum Gasteiger partial charge on any atom is 0.231 e. The van der Waals surface area contributed by atoms with Gasteiger partial charge in [0.15, 0.2) is 0 Å². The molecule has 0 saturated heterocycles. The zero-order valence-electron chi connectivity index (χ0n) is 13.7. The number of hydrogen-bond acceptors (Lipinski definition) is 2. The van der Waals surface area contributed by atoms with Gasteiger partial charge in [-0.3, -0.25) is 14.2 Å². The summed E-state index contributed by atoms with van der Waals surface area (Å²) in [5.74, 6) is -0.0821. The number of carbonyl (C=O) groups is 2. The first-order chi connectivity index (χ1) is 11.6. The molecule has 1 amide bonds. The Morgan fingerprint density at radius 2 is 1.62 bits per heavy atom. The number of benzene rings is 2. The predicted octanol–water partition coefficient (Wildman–Crippen LogP) is 3.72. The first-order valence-electron chi connectivity index (χ1n) is 8.02. The number of para-hydroxylation sites is 1. The smallest absolute Gasteiger partial charge is 0.231 e. The largest absolute Gasteiger partial charge is 0.341 e. The third-order valence-electron chi connectivity index (χ3n) is 4.11. The van der Waals surface area contributed by atoms with E-state index in [1.165, 1.54) is 0 Å². The second-order valence-electron chi connectivity index (χ2n) is 5.87. The van der Waals surface area contributed by atoms with Crippen LogP contribution < -0.4 is 0 Å². The maximum absolute atomic E-state index is 12.4. The average Bonchev–Trinajstić information content (AvgIpc) is 3.04. The van der Waals surface area contributed by atoms with Gasteiger partial charge in [0.05, 0.1) is 5.52 Å². The fourth-order valence-corrected chi connectivity index (χ4v) is 2.77. The molecule has 4 nitrogen and oxygen atoms in total. The maximum atomic E-state index is 12.4.